The summed E-state index contributed by atoms with van der Waals surface area (Å²) in [6, 6.07) is 4.64. The number of aromatic nitrogens is 2. The first kappa shape index (κ1) is 24.0. The van der Waals surface area contributed by atoms with Gasteiger partial charge >= 0.3 is 0 Å². The maximum Gasteiger partial charge on any atom is 0.298 e. The molecule has 3 saturated heterocycles. The van der Waals surface area contributed by atoms with Crippen molar-refractivity contribution < 1.29 is 14.3 Å². The van der Waals surface area contributed by atoms with Crippen LogP contribution in [-0.4, -0.2) is 84.2 Å². The number of morpholine rings is 1. The van der Waals surface area contributed by atoms with Crippen molar-refractivity contribution in [1.29, 1.82) is 0 Å². The molecule has 37 heavy (non-hydrogen) atoms. The Morgan fingerprint density at radius 3 is 2.78 bits per heavy atom. The number of nitrogens with zero attached hydrogens (tertiary/aromatic N) is 5. The fourth-order valence-electron chi connectivity index (χ4n) is 5.94. The SMILES string of the molecule is CC#CC(=O)N1CC(N2CC[C@@H](c3cc4c(c(C)n3)O[C@H](C)c3c(N5CCOCC5)ccnc3N4)C2)C1. The Labute approximate surface area is 218 Å². The van der Waals surface area contributed by atoms with Crippen LogP contribution in [0.15, 0.2) is 18.3 Å². The van der Waals surface area contributed by atoms with E-state index in [2.05, 4.69) is 46.0 Å². The summed E-state index contributed by atoms with van der Waals surface area (Å²) >= 11 is 0. The molecule has 1 amide bonds. The van der Waals surface area contributed by atoms with Gasteiger partial charge in [-0.05, 0) is 51.8 Å². The van der Waals surface area contributed by atoms with Crippen LogP contribution >= 0.6 is 0 Å². The molecule has 9 nitrogen and oxygen atoms in total. The van der Waals surface area contributed by atoms with Crippen molar-refractivity contribution in [2.75, 3.05) is 62.7 Å². The van der Waals surface area contributed by atoms with Crippen LogP contribution in [0.1, 0.15) is 49.2 Å². The van der Waals surface area contributed by atoms with E-state index in [1.54, 1.807) is 6.92 Å². The van der Waals surface area contributed by atoms with Gasteiger partial charge in [0.25, 0.3) is 5.91 Å². The highest BCUT2D eigenvalue weighted by atomic mass is 16.5. The van der Waals surface area contributed by atoms with Gasteiger partial charge in [-0.1, -0.05) is 5.92 Å². The van der Waals surface area contributed by atoms with Gasteiger partial charge in [-0.2, -0.15) is 0 Å². The molecule has 0 aliphatic carbocycles. The largest absolute Gasteiger partial charge is 0.482 e. The van der Waals surface area contributed by atoms with E-state index in [-0.39, 0.29) is 12.0 Å². The van der Waals surface area contributed by atoms with Crippen LogP contribution in [-0.2, 0) is 9.53 Å². The first-order valence-corrected chi connectivity index (χ1v) is 13.2. The third kappa shape index (κ3) is 4.49. The molecule has 2 aromatic rings. The second kappa shape index (κ2) is 9.84. The van der Waals surface area contributed by atoms with Gasteiger partial charge in [0, 0.05) is 62.3 Å². The van der Waals surface area contributed by atoms with E-state index >= 15 is 0 Å². The lowest BCUT2D eigenvalue weighted by molar-refractivity contribution is -0.131. The van der Waals surface area contributed by atoms with Crippen LogP contribution in [0, 0.1) is 18.8 Å². The van der Waals surface area contributed by atoms with E-state index in [0.29, 0.717) is 12.0 Å². The number of fused-ring (bicyclic) bond motifs is 2. The van der Waals surface area contributed by atoms with Crippen LogP contribution < -0.4 is 15.0 Å². The van der Waals surface area contributed by atoms with Crippen molar-refractivity contribution in [3.8, 4) is 17.6 Å². The Hall–Kier alpha value is -3.35. The maximum absolute atomic E-state index is 12.0. The van der Waals surface area contributed by atoms with Crippen molar-refractivity contribution >= 4 is 23.1 Å². The summed E-state index contributed by atoms with van der Waals surface area (Å²) in [5.74, 6) is 7.26. The van der Waals surface area contributed by atoms with E-state index in [0.717, 1.165) is 98.8 Å². The van der Waals surface area contributed by atoms with Crippen molar-refractivity contribution in [2.24, 2.45) is 0 Å². The molecule has 9 heteroatoms. The smallest absolute Gasteiger partial charge is 0.298 e. The van der Waals surface area contributed by atoms with Gasteiger partial charge in [0.1, 0.15) is 11.9 Å². The minimum Gasteiger partial charge on any atom is -0.482 e. The highest BCUT2D eigenvalue weighted by Crippen LogP contribution is 2.44. The zero-order chi connectivity index (χ0) is 25.5. The lowest BCUT2D eigenvalue weighted by Crippen LogP contribution is -2.60. The highest BCUT2D eigenvalue weighted by Gasteiger charge is 2.38. The summed E-state index contributed by atoms with van der Waals surface area (Å²) in [6.07, 6.45) is 2.76. The number of aryl methyl sites for hydroxylation is 1. The number of amides is 1. The second-order valence-corrected chi connectivity index (χ2v) is 10.3. The van der Waals surface area contributed by atoms with Gasteiger partial charge in [-0.3, -0.25) is 14.7 Å². The number of likely N-dealkylation sites (tertiary alicyclic amines) is 2. The molecular weight excluding hydrogens is 468 g/mol. The topological polar surface area (TPSA) is 83.1 Å². The molecule has 3 fully saturated rings. The van der Waals surface area contributed by atoms with Gasteiger partial charge in [-0.25, -0.2) is 4.98 Å². The number of pyridine rings is 2. The Kier molecular flexibility index (Phi) is 6.39. The molecule has 0 unspecified atom stereocenters. The van der Waals surface area contributed by atoms with Gasteiger partial charge < -0.3 is 24.6 Å². The summed E-state index contributed by atoms with van der Waals surface area (Å²) < 4.78 is 12.1. The zero-order valence-corrected chi connectivity index (χ0v) is 21.8. The number of rotatable bonds is 3. The average molecular weight is 503 g/mol. The number of carbonyl (C=O) groups excluding carboxylic acids is 1. The standard InChI is InChI=1S/C28H34N6O3/c1-4-5-25(35)34-16-21(17-34)33-9-7-20(15-33)22-14-23-27(18(2)30-22)37-19(3)26-24(6-8-29-28(26)31-23)32-10-12-36-13-11-32/h6,8,14,19-21H,7,9-13,15-17H2,1-3H3,(H,29,31)/t19-,20-/m1/s1. The molecule has 4 aliphatic rings. The quantitative estimate of drug-likeness (QED) is 0.642. The second-order valence-electron chi connectivity index (χ2n) is 10.3. The fraction of sp³-hybridized carbons (Fsp3) is 0.536. The number of anilines is 3. The van der Waals surface area contributed by atoms with Gasteiger partial charge in [-0.15, -0.1) is 0 Å². The summed E-state index contributed by atoms with van der Waals surface area (Å²) in [6.45, 7) is 12.5. The molecule has 0 aromatic carbocycles. The lowest BCUT2D eigenvalue weighted by atomic mass is 10.0. The molecular formula is C28H34N6O3. The average Bonchev–Trinajstić information content (AvgIpc) is 3.29. The van der Waals surface area contributed by atoms with Crippen molar-refractivity contribution in [2.45, 2.75) is 45.3 Å². The third-order valence-electron chi connectivity index (χ3n) is 7.97. The number of hydrogen-bond donors (Lipinski definition) is 1. The minimum absolute atomic E-state index is 0.0662. The fourth-order valence-corrected chi connectivity index (χ4v) is 5.94. The molecule has 6 heterocycles. The molecule has 2 atom stereocenters. The number of carbonyl (C=O) groups is 1. The Morgan fingerprint density at radius 2 is 2.00 bits per heavy atom. The van der Waals surface area contributed by atoms with Crippen LogP contribution in [0.25, 0.3) is 0 Å². The predicted molar refractivity (Wildman–Crippen MR) is 141 cm³/mol. The number of hydrogen-bond acceptors (Lipinski definition) is 8. The molecule has 1 N–H and O–H groups in total. The molecule has 0 spiro atoms. The number of nitrogens with one attached hydrogen (secondary N) is 1. The molecule has 0 radical (unpaired) electrons. The van der Waals surface area contributed by atoms with E-state index in [9.17, 15) is 4.79 Å². The first-order chi connectivity index (χ1) is 18.0. The molecule has 2 aromatic heterocycles. The highest BCUT2D eigenvalue weighted by molar-refractivity contribution is 5.94. The van der Waals surface area contributed by atoms with Crippen LogP contribution in [0.4, 0.5) is 17.2 Å². The molecule has 0 bridgehead atoms. The zero-order valence-electron chi connectivity index (χ0n) is 21.8. The minimum atomic E-state index is -0.162. The summed E-state index contributed by atoms with van der Waals surface area (Å²) in [4.78, 5) is 28.4. The summed E-state index contributed by atoms with van der Waals surface area (Å²) in [7, 11) is 0. The Balaban J connectivity index is 1.21. The summed E-state index contributed by atoms with van der Waals surface area (Å²) in [5, 5.41) is 3.60. The van der Waals surface area contributed by atoms with Crippen LogP contribution in [0.5, 0.6) is 5.75 Å². The Bertz CT molecular complexity index is 1260. The summed E-state index contributed by atoms with van der Waals surface area (Å²) in [5.41, 5.74) is 5.13. The third-order valence-corrected chi connectivity index (χ3v) is 7.97. The first-order valence-electron chi connectivity index (χ1n) is 13.2. The van der Waals surface area contributed by atoms with Crippen LogP contribution in [0.2, 0.25) is 0 Å². The molecule has 6 rings (SSSR count). The van der Waals surface area contributed by atoms with Gasteiger partial charge in [0.2, 0.25) is 0 Å². The lowest BCUT2D eigenvalue weighted by Gasteiger charge is -2.43. The van der Waals surface area contributed by atoms with Crippen molar-refractivity contribution in [1.82, 2.24) is 19.8 Å². The monoisotopic (exact) mass is 502 g/mol. The maximum atomic E-state index is 12.0. The van der Waals surface area contributed by atoms with Crippen LogP contribution in [0.3, 0.4) is 0 Å². The Morgan fingerprint density at radius 1 is 1.19 bits per heavy atom. The van der Waals surface area contributed by atoms with E-state index in [4.69, 9.17) is 19.4 Å². The normalized spacial score (nSPS) is 23.5. The predicted octanol–water partition coefficient (Wildman–Crippen LogP) is 2.84. The molecule has 194 valence electrons. The van der Waals surface area contributed by atoms with Crippen molar-refractivity contribution in [3.05, 3.63) is 35.3 Å². The van der Waals surface area contributed by atoms with Gasteiger partial charge in [0.05, 0.1) is 30.2 Å². The van der Waals surface area contributed by atoms with Crippen molar-refractivity contribution in [3.63, 3.8) is 0 Å². The number of ether oxygens (including phenoxy) is 2. The molecule has 4 aliphatic heterocycles. The molecule has 0 saturated carbocycles. The van der Waals surface area contributed by atoms with E-state index < -0.39 is 0 Å². The van der Waals surface area contributed by atoms with E-state index in [1.807, 2.05) is 18.0 Å². The van der Waals surface area contributed by atoms with Gasteiger partial charge in [0.15, 0.2) is 5.75 Å². The van der Waals surface area contributed by atoms with E-state index in [1.165, 1.54) is 0 Å².